The Balaban J connectivity index is 1.20. The highest BCUT2D eigenvalue weighted by molar-refractivity contribution is 6.25. The molecule has 1 aromatic heterocycles. The molecule has 8 rings (SSSR count). The van der Waals surface area contributed by atoms with E-state index < -0.39 is 0 Å². The number of aromatic nitrogens is 2. The molecular weight excluding hydrogens is 524 g/mol. The minimum absolute atomic E-state index is 0.174. The summed E-state index contributed by atoms with van der Waals surface area (Å²) in [6.45, 7) is 0. The van der Waals surface area contributed by atoms with Gasteiger partial charge in [-0.3, -0.25) is 5.41 Å². The van der Waals surface area contributed by atoms with Gasteiger partial charge in [0.15, 0.2) is 11.3 Å². The van der Waals surface area contributed by atoms with E-state index in [1.807, 2.05) is 66.7 Å². The lowest BCUT2D eigenvalue weighted by atomic mass is 9.92. The second-order valence-corrected chi connectivity index (χ2v) is 10.7. The second kappa shape index (κ2) is 10.2. The standard InChI is InChI=1S/C39H26N4/c40-38(43-39-37(26-10-2-1-3-11-26)41-35-16-8-9-17-36(35)42-39)27-20-18-25(19-21-27)28-22-23-33-31-14-5-4-12-29(31)30-13-6-7-15-32(30)34(33)24-28/h1-24H,(H2,40,42,43). The Labute approximate surface area is 248 Å². The van der Waals surface area contributed by atoms with Crippen LogP contribution in [0.15, 0.2) is 151 Å². The molecule has 0 unspecified atom stereocenters. The van der Waals surface area contributed by atoms with E-state index in [4.69, 9.17) is 15.4 Å². The number of hydrogen-bond acceptors (Lipinski definition) is 2. The summed E-state index contributed by atoms with van der Waals surface area (Å²) in [5.74, 6) is 0.174. The van der Waals surface area contributed by atoms with E-state index in [2.05, 4.69) is 83.8 Å². The van der Waals surface area contributed by atoms with E-state index in [0.29, 0.717) is 5.49 Å². The molecule has 0 atom stereocenters. The molecule has 0 amide bonds. The molecule has 7 aromatic carbocycles. The Morgan fingerprint density at radius 3 is 1.77 bits per heavy atom. The molecule has 4 heteroatoms. The first kappa shape index (κ1) is 24.9. The van der Waals surface area contributed by atoms with Gasteiger partial charge in [0.25, 0.3) is 0 Å². The number of aromatic amines is 1. The molecule has 0 saturated carbocycles. The van der Waals surface area contributed by atoms with Gasteiger partial charge < -0.3 is 4.98 Å². The van der Waals surface area contributed by atoms with Gasteiger partial charge in [0.2, 0.25) is 0 Å². The van der Waals surface area contributed by atoms with Crippen molar-refractivity contribution in [1.82, 2.24) is 9.97 Å². The van der Waals surface area contributed by atoms with Gasteiger partial charge in [-0.15, -0.1) is 0 Å². The minimum atomic E-state index is 0.174. The fourth-order valence-corrected chi connectivity index (χ4v) is 6.00. The maximum atomic E-state index is 8.87. The third kappa shape index (κ3) is 4.37. The van der Waals surface area contributed by atoms with E-state index in [0.717, 1.165) is 39.0 Å². The Kier molecular flexibility index (Phi) is 5.90. The topological polar surface area (TPSA) is 64.9 Å². The van der Waals surface area contributed by atoms with Gasteiger partial charge in [0, 0.05) is 11.1 Å². The molecule has 1 heterocycles. The maximum Gasteiger partial charge on any atom is 0.159 e. The number of benzene rings is 7. The molecule has 0 aliphatic rings. The van der Waals surface area contributed by atoms with Crippen LogP contribution < -0.4 is 5.49 Å². The van der Waals surface area contributed by atoms with Crippen molar-refractivity contribution in [2.75, 3.05) is 0 Å². The summed E-state index contributed by atoms with van der Waals surface area (Å²) in [6.07, 6.45) is 0. The summed E-state index contributed by atoms with van der Waals surface area (Å²) in [4.78, 5) is 13.0. The molecule has 0 bridgehead atoms. The van der Waals surface area contributed by atoms with Crippen LogP contribution in [-0.4, -0.2) is 15.8 Å². The Hall–Kier alpha value is -5.87. The molecule has 0 radical (unpaired) electrons. The van der Waals surface area contributed by atoms with Crippen molar-refractivity contribution >= 4 is 49.2 Å². The summed E-state index contributed by atoms with van der Waals surface area (Å²) < 4.78 is 0. The third-order valence-electron chi connectivity index (χ3n) is 8.12. The maximum absolute atomic E-state index is 8.87. The number of para-hydroxylation sites is 2. The number of hydrogen-bond donors (Lipinski definition) is 2. The fourth-order valence-electron chi connectivity index (χ4n) is 6.00. The van der Waals surface area contributed by atoms with Crippen LogP contribution in [-0.2, 0) is 0 Å². The largest absolute Gasteiger partial charge is 0.337 e. The van der Waals surface area contributed by atoms with Gasteiger partial charge >= 0.3 is 0 Å². The minimum Gasteiger partial charge on any atom is -0.337 e. The summed E-state index contributed by atoms with van der Waals surface area (Å²) >= 11 is 0. The molecule has 0 aliphatic carbocycles. The van der Waals surface area contributed by atoms with Gasteiger partial charge in [0.05, 0.1) is 11.0 Å². The monoisotopic (exact) mass is 550 g/mol. The van der Waals surface area contributed by atoms with Crippen LogP contribution in [0.25, 0.3) is 65.7 Å². The normalized spacial score (nSPS) is 12.0. The van der Waals surface area contributed by atoms with Crippen molar-refractivity contribution in [2.45, 2.75) is 0 Å². The molecule has 0 saturated heterocycles. The summed E-state index contributed by atoms with van der Waals surface area (Å²) in [6, 6.07) is 49.9. The molecule has 43 heavy (non-hydrogen) atoms. The lowest BCUT2D eigenvalue weighted by molar-refractivity contribution is 1.15. The molecule has 202 valence electrons. The van der Waals surface area contributed by atoms with E-state index in [-0.39, 0.29) is 5.84 Å². The van der Waals surface area contributed by atoms with Gasteiger partial charge in [-0.25, -0.2) is 9.98 Å². The zero-order chi connectivity index (χ0) is 28.8. The number of fused-ring (bicyclic) bond motifs is 7. The molecule has 0 spiro atoms. The van der Waals surface area contributed by atoms with Crippen molar-refractivity contribution in [3.63, 3.8) is 0 Å². The number of nitrogens with zero attached hydrogens (tertiary/aromatic N) is 2. The molecule has 2 N–H and O–H groups in total. The summed E-state index contributed by atoms with van der Waals surface area (Å²) in [7, 11) is 0. The Bertz CT molecular complexity index is 2370. The smallest absolute Gasteiger partial charge is 0.159 e. The highest BCUT2D eigenvalue weighted by Gasteiger charge is 2.11. The highest BCUT2D eigenvalue weighted by Crippen LogP contribution is 2.37. The van der Waals surface area contributed by atoms with E-state index in [1.165, 1.54) is 32.3 Å². The molecule has 4 nitrogen and oxygen atoms in total. The number of rotatable bonds is 3. The van der Waals surface area contributed by atoms with Gasteiger partial charge in [-0.05, 0) is 61.6 Å². The lowest BCUT2D eigenvalue weighted by Crippen LogP contribution is -2.16. The van der Waals surface area contributed by atoms with Crippen molar-refractivity contribution in [2.24, 2.45) is 4.99 Å². The first-order valence-electron chi connectivity index (χ1n) is 14.3. The first-order chi connectivity index (χ1) is 21.2. The lowest BCUT2D eigenvalue weighted by Gasteiger charge is -2.12. The van der Waals surface area contributed by atoms with Crippen molar-refractivity contribution < 1.29 is 0 Å². The van der Waals surface area contributed by atoms with Gasteiger partial charge in [0.1, 0.15) is 5.69 Å². The molecule has 0 aliphatic heterocycles. The van der Waals surface area contributed by atoms with Gasteiger partial charge in [-0.1, -0.05) is 127 Å². The fraction of sp³-hybridized carbons (Fsp3) is 0. The Morgan fingerprint density at radius 1 is 0.512 bits per heavy atom. The average Bonchev–Trinajstić information content (AvgIpc) is 3.08. The molecular formula is C39H26N4. The zero-order valence-corrected chi connectivity index (χ0v) is 23.3. The quantitative estimate of drug-likeness (QED) is 0.128. The highest BCUT2D eigenvalue weighted by atomic mass is 14.9. The van der Waals surface area contributed by atoms with Crippen LogP contribution in [0.5, 0.6) is 0 Å². The number of nitrogens with one attached hydrogen (secondary N) is 2. The van der Waals surface area contributed by atoms with Crippen LogP contribution in [0.3, 0.4) is 0 Å². The van der Waals surface area contributed by atoms with Crippen LogP contribution in [0, 0.1) is 5.41 Å². The van der Waals surface area contributed by atoms with Gasteiger partial charge in [-0.2, -0.15) is 0 Å². The summed E-state index contributed by atoms with van der Waals surface area (Å²) in [5.41, 5.74) is 6.93. The van der Waals surface area contributed by atoms with Crippen LogP contribution in [0.2, 0.25) is 0 Å². The zero-order valence-electron chi connectivity index (χ0n) is 23.3. The second-order valence-electron chi connectivity index (χ2n) is 10.7. The predicted octanol–water partition coefficient (Wildman–Crippen LogP) is 9.28. The predicted molar refractivity (Wildman–Crippen MR) is 178 cm³/mol. The SMILES string of the molecule is N=C(N=c1[nH]c2ccccc2nc1-c1ccccc1)c1ccc(-c2ccc3c4ccccc4c4ccccc4c3c2)cc1. The van der Waals surface area contributed by atoms with Crippen LogP contribution in [0.4, 0.5) is 0 Å². The van der Waals surface area contributed by atoms with E-state index in [1.54, 1.807) is 0 Å². The van der Waals surface area contributed by atoms with Crippen LogP contribution in [0.1, 0.15) is 5.56 Å². The van der Waals surface area contributed by atoms with Crippen molar-refractivity contribution in [3.8, 4) is 22.4 Å². The van der Waals surface area contributed by atoms with Crippen molar-refractivity contribution in [1.29, 1.82) is 5.41 Å². The average molecular weight is 551 g/mol. The van der Waals surface area contributed by atoms with E-state index in [9.17, 15) is 0 Å². The molecule has 8 aromatic rings. The first-order valence-corrected chi connectivity index (χ1v) is 14.3. The van der Waals surface area contributed by atoms with Crippen LogP contribution >= 0.6 is 0 Å². The number of H-pyrrole nitrogens is 1. The molecule has 0 fully saturated rings. The third-order valence-corrected chi connectivity index (χ3v) is 8.12. The van der Waals surface area contributed by atoms with E-state index >= 15 is 0 Å². The number of amidine groups is 1. The Morgan fingerprint density at radius 2 is 1.07 bits per heavy atom. The van der Waals surface area contributed by atoms with Crippen molar-refractivity contribution in [3.05, 3.63) is 157 Å². The summed E-state index contributed by atoms with van der Waals surface area (Å²) in [5, 5.41) is 16.4.